The predicted molar refractivity (Wildman–Crippen MR) is 89.0 cm³/mol. The van der Waals surface area contributed by atoms with Gasteiger partial charge in [0, 0.05) is 24.9 Å². The van der Waals surface area contributed by atoms with Gasteiger partial charge in [0.15, 0.2) is 0 Å². The average molecular weight is 298 g/mol. The molecule has 0 fully saturated rings. The topological polar surface area (TPSA) is 35.6 Å². The lowest BCUT2D eigenvalue weighted by Gasteiger charge is -2.01. The van der Waals surface area contributed by atoms with Gasteiger partial charge in [-0.15, -0.1) is 0 Å². The molecule has 0 amide bonds. The Hall–Kier alpha value is -3.32. The maximum absolute atomic E-state index is 4.61. The second-order valence-electron chi connectivity index (χ2n) is 5.21. The van der Waals surface area contributed by atoms with Crippen LogP contribution in [0.5, 0.6) is 0 Å². The Morgan fingerprint density at radius 1 is 0.826 bits per heavy atom. The molecular formula is C19H14N4. The van der Waals surface area contributed by atoms with Crippen LogP contribution in [-0.2, 0) is 6.42 Å². The minimum absolute atomic E-state index is 0.704. The van der Waals surface area contributed by atoms with E-state index in [4.69, 9.17) is 0 Å². The van der Waals surface area contributed by atoms with Crippen LogP contribution in [0.4, 0.5) is 0 Å². The molecule has 1 aromatic carbocycles. The third-order valence-corrected chi connectivity index (χ3v) is 3.58. The van der Waals surface area contributed by atoms with Gasteiger partial charge in [-0.1, -0.05) is 29.7 Å². The fraction of sp³-hybridized carbons (Fsp3) is 0.0526. The SMILES string of the molecule is C1=C=CC(n2ccc(Cc3ccn(-c4ccccc4)n3)n2)=CC=1. The quantitative estimate of drug-likeness (QED) is 0.692. The Kier molecular flexibility index (Phi) is 3.38. The Balaban J connectivity index is 1.52. The van der Waals surface area contributed by atoms with E-state index in [0.29, 0.717) is 6.42 Å². The number of hydrogen-bond donors (Lipinski definition) is 0. The molecule has 0 spiro atoms. The molecular weight excluding hydrogens is 284 g/mol. The molecule has 4 rings (SSSR count). The highest BCUT2D eigenvalue weighted by molar-refractivity contribution is 5.59. The molecule has 1 aliphatic rings. The van der Waals surface area contributed by atoms with Gasteiger partial charge in [-0.2, -0.15) is 10.2 Å². The first-order valence-electron chi connectivity index (χ1n) is 7.41. The largest absolute Gasteiger partial charge is 0.241 e. The maximum Gasteiger partial charge on any atom is 0.0735 e. The van der Waals surface area contributed by atoms with Gasteiger partial charge in [0.25, 0.3) is 0 Å². The first-order valence-corrected chi connectivity index (χ1v) is 7.41. The molecule has 4 nitrogen and oxygen atoms in total. The van der Waals surface area contributed by atoms with Crippen LogP contribution >= 0.6 is 0 Å². The average Bonchev–Trinajstić information content (AvgIpc) is 3.27. The summed E-state index contributed by atoms with van der Waals surface area (Å²) < 4.78 is 3.72. The van der Waals surface area contributed by atoms with E-state index in [1.165, 1.54) is 0 Å². The van der Waals surface area contributed by atoms with Crippen molar-refractivity contribution in [1.82, 2.24) is 19.6 Å². The van der Waals surface area contributed by atoms with Gasteiger partial charge in [0.1, 0.15) is 0 Å². The molecule has 0 atom stereocenters. The second kappa shape index (κ2) is 5.82. The summed E-state index contributed by atoms with van der Waals surface area (Å²) in [5.41, 5.74) is 9.83. The van der Waals surface area contributed by atoms with Crippen LogP contribution in [0.25, 0.3) is 11.4 Å². The normalized spacial score (nSPS) is 12.6. The van der Waals surface area contributed by atoms with E-state index in [0.717, 1.165) is 22.8 Å². The molecule has 0 saturated heterocycles. The van der Waals surface area contributed by atoms with Crippen molar-refractivity contribution >= 4 is 5.70 Å². The third kappa shape index (κ3) is 2.85. The van der Waals surface area contributed by atoms with Crippen LogP contribution in [-0.4, -0.2) is 19.6 Å². The van der Waals surface area contributed by atoms with E-state index >= 15 is 0 Å². The Labute approximate surface area is 134 Å². The Morgan fingerprint density at radius 2 is 1.57 bits per heavy atom. The molecule has 3 aromatic rings. The fourth-order valence-corrected chi connectivity index (χ4v) is 2.45. The lowest BCUT2D eigenvalue weighted by atomic mass is 10.2. The minimum atomic E-state index is 0.704. The van der Waals surface area contributed by atoms with E-state index in [2.05, 4.69) is 21.7 Å². The highest BCUT2D eigenvalue weighted by Crippen LogP contribution is 2.12. The van der Waals surface area contributed by atoms with Crippen LogP contribution in [0.3, 0.4) is 0 Å². The van der Waals surface area contributed by atoms with Crippen molar-refractivity contribution < 1.29 is 0 Å². The molecule has 0 unspecified atom stereocenters. The van der Waals surface area contributed by atoms with Crippen molar-refractivity contribution in [1.29, 1.82) is 0 Å². The highest BCUT2D eigenvalue weighted by Gasteiger charge is 2.06. The number of para-hydroxylation sites is 1. The summed E-state index contributed by atoms with van der Waals surface area (Å²) in [5.74, 6) is 0. The van der Waals surface area contributed by atoms with Crippen molar-refractivity contribution in [3.05, 3.63) is 95.9 Å². The van der Waals surface area contributed by atoms with Crippen molar-refractivity contribution in [2.45, 2.75) is 6.42 Å². The van der Waals surface area contributed by atoms with E-state index in [9.17, 15) is 0 Å². The third-order valence-electron chi connectivity index (χ3n) is 3.58. The van der Waals surface area contributed by atoms with Crippen molar-refractivity contribution in [3.8, 4) is 5.69 Å². The molecule has 2 heterocycles. The predicted octanol–water partition coefficient (Wildman–Crippen LogP) is 3.38. The smallest absolute Gasteiger partial charge is 0.0735 e. The Morgan fingerprint density at radius 3 is 2.30 bits per heavy atom. The summed E-state index contributed by atoms with van der Waals surface area (Å²) in [6, 6.07) is 14.1. The van der Waals surface area contributed by atoms with Gasteiger partial charge in [0.05, 0.1) is 22.8 Å². The first-order chi connectivity index (χ1) is 11.4. The molecule has 0 radical (unpaired) electrons. The zero-order valence-corrected chi connectivity index (χ0v) is 12.4. The number of allylic oxidation sites excluding steroid dienone is 4. The highest BCUT2D eigenvalue weighted by atomic mass is 15.3. The number of rotatable bonds is 4. The summed E-state index contributed by atoms with van der Waals surface area (Å²) in [7, 11) is 0. The van der Waals surface area contributed by atoms with E-state index in [-0.39, 0.29) is 0 Å². The van der Waals surface area contributed by atoms with E-state index in [1.807, 2.05) is 82.4 Å². The van der Waals surface area contributed by atoms with E-state index in [1.54, 1.807) is 0 Å². The number of nitrogens with zero attached hydrogens (tertiary/aromatic N) is 4. The zero-order valence-electron chi connectivity index (χ0n) is 12.4. The number of hydrogen-bond acceptors (Lipinski definition) is 2. The van der Waals surface area contributed by atoms with E-state index < -0.39 is 0 Å². The van der Waals surface area contributed by atoms with Gasteiger partial charge in [0.2, 0.25) is 0 Å². The van der Waals surface area contributed by atoms with Crippen LogP contribution in [0, 0.1) is 0 Å². The molecule has 0 aliphatic heterocycles. The van der Waals surface area contributed by atoms with Crippen LogP contribution in [0.15, 0.2) is 84.5 Å². The summed E-state index contributed by atoms with van der Waals surface area (Å²) in [6.45, 7) is 0. The summed E-state index contributed by atoms with van der Waals surface area (Å²) in [4.78, 5) is 0. The van der Waals surface area contributed by atoms with Gasteiger partial charge in [-0.05, 0) is 36.4 Å². The van der Waals surface area contributed by atoms with Crippen molar-refractivity contribution in [2.24, 2.45) is 0 Å². The maximum atomic E-state index is 4.61. The molecule has 1 aliphatic carbocycles. The summed E-state index contributed by atoms with van der Waals surface area (Å²) in [5, 5.41) is 9.21. The van der Waals surface area contributed by atoms with Crippen molar-refractivity contribution in [3.63, 3.8) is 0 Å². The first kappa shape index (κ1) is 13.4. The molecule has 110 valence electrons. The van der Waals surface area contributed by atoms with Gasteiger partial charge >= 0.3 is 0 Å². The van der Waals surface area contributed by atoms with Crippen LogP contribution in [0.2, 0.25) is 0 Å². The van der Waals surface area contributed by atoms with Gasteiger partial charge < -0.3 is 0 Å². The van der Waals surface area contributed by atoms with Crippen molar-refractivity contribution in [2.75, 3.05) is 0 Å². The molecule has 0 N–H and O–H groups in total. The zero-order chi connectivity index (χ0) is 15.5. The van der Waals surface area contributed by atoms with Crippen LogP contribution in [0.1, 0.15) is 11.4 Å². The lowest BCUT2D eigenvalue weighted by Crippen LogP contribution is -1.99. The monoisotopic (exact) mass is 298 g/mol. The van der Waals surface area contributed by atoms with Gasteiger partial charge in [-0.3, -0.25) is 0 Å². The standard InChI is InChI=1S/C19H14N4/c1-3-7-18(8-4-1)22-13-11-16(20-22)15-17-12-14-23(21-17)19-9-5-2-6-10-19/h1,3-5,7-14H,15H2. The second-order valence-corrected chi connectivity index (χ2v) is 5.21. The van der Waals surface area contributed by atoms with Gasteiger partial charge in [-0.25, -0.2) is 9.36 Å². The minimum Gasteiger partial charge on any atom is -0.241 e. The number of aromatic nitrogens is 4. The summed E-state index contributed by atoms with van der Waals surface area (Å²) in [6.07, 6.45) is 10.3. The number of benzene rings is 1. The fourth-order valence-electron chi connectivity index (χ4n) is 2.45. The molecule has 23 heavy (non-hydrogen) atoms. The van der Waals surface area contributed by atoms with Crippen LogP contribution < -0.4 is 0 Å². The lowest BCUT2D eigenvalue weighted by molar-refractivity contribution is 0.826. The summed E-state index contributed by atoms with van der Waals surface area (Å²) >= 11 is 0. The molecule has 0 saturated carbocycles. The molecule has 4 heteroatoms. The molecule has 2 aromatic heterocycles. The Bertz CT molecular complexity index is 960. The molecule has 0 bridgehead atoms.